The van der Waals surface area contributed by atoms with Crippen LogP contribution in [0.2, 0.25) is 0 Å². The van der Waals surface area contributed by atoms with Crippen LogP contribution in [0, 0.1) is 0 Å². The minimum absolute atomic E-state index is 0.530. The molecule has 0 atom stereocenters. The van der Waals surface area contributed by atoms with E-state index in [1.54, 1.807) is 30.5 Å². The van der Waals surface area contributed by atoms with E-state index in [0.29, 0.717) is 21.3 Å². The van der Waals surface area contributed by atoms with Crippen molar-refractivity contribution in [3.63, 3.8) is 0 Å². The van der Waals surface area contributed by atoms with Crippen LogP contribution in [-0.4, -0.2) is 15.7 Å². The molecule has 0 saturated heterocycles. The highest BCUT2D eigenvalue weighted by Crippen LogP contribution is 2.29. The van der Waals surface area contributed by atoms with Gasteiger partial charge in [0, 0.05) is 16.7 Å². The summed E-state index contributed by atoms with van der Waals surface area (Å²) in [5, 5.41) is 0. The maximum absolute atomic E-state index is 12.1. The number of nitrogens with zero attached hydrogens (tertiary/aromatic N) is 2. The van der Waals surface area contributed by atoms with Crippen molar-refractivity contribution in [2.45, 2.75) is 10.7 Å². The molecular formula is C11H7BrF2N2S. The second-order valence-corrected chi connectivity index (χ2v) is 4.94. The molecular weight excluding hydrogens is 310 g/mol. The fraction of sp³-hybridized carbons (Fsp3) is 0.0909. The number of halogens is 3. The van der Waals surface area contributed by atoms with E-state index in [1.807, 2.05) is 0 Å². The van der Waals surface area contributed by atoms with Crippen LogP contribution in [0.25, 0.3) is 11.1 Å². The first kappa shape index (κ1) is 12.4. The van der Waals surface area contributed by atoms with E-state index >= 15 is 0 Å². The number of hydrogen-bond donors (Lipinski definition) is 0. The molecule has 0 N–H and O–H groups in total. The highest BCUT2D eigenvalue weighted by Gasteiger charge is 2.07. The molecule has 88 valence electrons. The Morgan fingerprint density at radius 3 is 2.47 bits per heavy atom. The third-order valence-electron chi connectivity index (χ3n) is 2.05. The summed E-state index contributed by atoms with van der Waals surface area (Å²) in [6.07, 6.45) is 3.11. The molecule has 0 unspecified atom stereocenters. The molecule has 0 saturated carbocycles. The van der Waals surface area contributed by atoms with E-state index < -0.39 is 5.76 Å². The molecule has 2 aromatic rings. The number of hydrogen-bond acceptors (Lipinski definition) is 3. The van der Waals surface area contributed by atoms with Crippen LogP contribution in [0.1, 0.15) is 0 Å². The third-order valence-corrected chi connectivity index (χ3v) is 3.41. The largest absolute Gasteiger partial charge is 0.288 e. The van der Waals surface area contributed by atoms with Gasteiger partial charge in [-0.25, -0.2) is 9.97 Å². The van der Waals surface area contributed by atoms with E-state index in [-0.39, 0.29) is 0 Å². The van der Waals surface area contributed by atoms with Crippen LogP contribution in [0.3, 0.4) is 0 Å². The van der Waals surface area contributed by atoms with Gasteiger partial charge >= 0.3 is 0 Å². The fourth-order valence-corrected chi connectivity index (χ4v) is 2.25. The van der Waals surface area contributed by atoms with Crippen molar-refractivity contribution in [2.75, 3.05) is 0 Å². The number of aromatic nitrogens is 2. The highest BCUT2D eigenvalue weighted by molar-refractivity contribution is 9.10. The van der Waals surface area contributed by atoms with Crippen LogP contribution >= 0.6 is 27.7 Å². The summed E-state index contributed by atoms with van der Waals surface area (Å²) < 4.78 is 25.0. The van der Waals surface area contributed by atoms with Crippen LogP contribution in [0.15, 0.2) is 46.3 Å². The van der Waals surface area contributed by atoms with E-state index in [0.717, 1.165) is 11.1 Å². The molecule has 1 aromatic heterocycles. The molecule has 2 nitrogen and oxygen atoms in total. The minimum atomic E-state index is -2.40. The summed E-state index contributed by atoms with van der Waals surface area (Å²) in [4.78, 5) is 8.47. The topological polar surface area (TPSA) is 25.8 Å². The van der Waals surface area contributed by atoms with Gasteiger partial charge in [-0.15, -0.1) is 0 Å². The Morgan fingerprint density at radius 1 is 1.18 bits per heavy atom. The maximum Gasteiger partial charge on any atom is 0.288 e. The Kier molecular flexibility index (Phi) is 4.06. The van der Waals surface area contributed by atoms with Gasteiger partial charge in [-0.2, -0.15) is 8.78 Å². The number of thioether (sulfide) groups is 1. The van der Waals surface area contributed by atoms with Gasteiger partial charge in [0.05, 0.1) is 0 Å². The zero-order valence-corrected chi connectivity index (χ0v) is 10.9. The van der Waals surface area contributed by atoms with E-state index in [2.05, 4.69) is 25.9 Å². The smallest absolute Gasteiger partial charge is 0.244 e. The van der Waals surface area contributed by atoms with Gasteiger partial charge < -0.3 is 0 Å². The monoisotopic (exact) mass is 316 g/mol. The molecule has 0 radical (unpaired) electrons. The lowest BCUT2D eigenvalue weighted by molar-refractivity contribution is 0.252. The van der Waals surface area contributed by atoms with Gasteiger partial charge in [0.2, 0.25) is 0 Å². The summed E-state index contributed by atoms with van der Waals surface area (Å²) in [5.74, 6) is -2.40. The molecule has 0 aliphatic heterocycles. The molecule has 2 rings (SSSR count). The standard InChI is InChI=1S/C11H7BrF2N2S/c12-10-9(5-15-6-16-10)7-1-3-8(4-2-7)17-11(13)14/h1-6,11H. The fourth-order valence-electron chi connectivity index (χ4n) is 1.32. The average molecular weight is 317 g/mol. The first-order valence-corrected chi connectivity index (χ1v) is 6.35. The molecule has 0 aliphatic rings. The van der Waals surface area contributed by atoms with Crippen molar-refractivity contribution >= 4 is 27.7 Å². The zero-order chi connectivity index (χ0) is 12.3. The Balaban J connectivity index is 2.27. The molecule has 0 spiro atoms. The average Bonchev–Trinajstić information content (AvgIpc) is 2.30. The zero-order valence-electron chi connectivity index (χ0n) is 8.48. The molecule has 0 bridgehead atoms. The van der Waals surface area contributed by atoms with Crippen molar-refractivity contribution < 1.29 is 8.78 Å². The lowest BCUT2D eigenvalue weighted by atomic mass is 10.1. The van der Waals surface area contributed by atoms with E-state index in [1.165, 1.54) is 6.33 Å². The van der Waals surface area contributed by atoms with Crippen LogP contribution < -0.4 is 0 Å². The minimum Gasteiger partial charge on any atom is -0.244 e. The van der Waals surface area contributed by atoms with Crippen molar-refractivity contribution in [1.82, 2.24) is 9.97 Å². The van der Waals surface area contributed by atoms with Gasteiger partial charge in [0.1, 0.15) is 10.9 Å². The number of rotatable bonds is 3. The first-order chi connectivity index (χ1) is 8.16. The van der Waals surface area contributed by atoms with Gasteiger partial charge in [-0.1, -0.05) is 23.9 Å². The van der Waals surface area contributed by atoms with Gasteiger partial charge in [-0.05, 0) is 33.6 Å². The van der Waals surface area contributed by atoms with Gasteiger partial charge in [0.25, 0.3) is 5.76 Å². The normalized spacial score (nSPS) is 10.8. The van der Waals surface area contributed by atoms with Crippen LogP contribution in [0.4, 0.5) is 8.78 Å². The van der Waals surface area contributed by atoms with Crippen LogP contribution in [0.5, 0.6) is 0 Å². The summed E-state index contributed by atoms with van der Waals surface area (Å²) in [6, 6.07) is 6.86. The van der Waals surface area contributed by atoms with Crippen molar-refractivity contribution in [1.29, 1.82) is 0 Å². The Morgan fingerprint density at radius 2 is 1.88 bits per heavy atom. The third kappa shape index (κ3) is 3.23. The number of benzene rings is 1. The summed E-state index contributed by atoms with van der Waals surface area (Å²) in [6.45, 7) is 0. The highest BCUT2D eigenvalue weighted by atomic mass is 79.9. The number of alkyl halides is 2. The predicted octanol–water partition coefficient (Wildman–Crippen LogP) is 4.22. The van der Waals surface area contributed by atoms with E-state index in [4.69, 9.17) is 0 Å². The van der Waals surface area contributed by atoms with Crippen molar-refractivity contribution in [2.24, 2.45) is 0 Å². The quantitative estimate of drug-likeness (QED) is 0.626. The predicted molar refractivity (Wildman–Crippen MR) is 67.0 cm³/mol. The summed E-state index contributed by atoms with van der Waals surface area (Å²) in [5.41, 5.74) is 1.72. The summed E-state index contributed by atoms with van der Waals surface area (Å²) in [7, 11) is 0. The van der Waals surface area contributed by atoms with Crippen molar-refractivity contribution in [3.05, 3.63) is 41.4 Å². The molecule has 1 aromatic carbocycles. The van der Waals surface area contributed by atoms with Gasteiger partial charge in [0.15, 0.2) is 0 Å². The molecule has 0 amide bonds. The summed E-state index contributed by atoms with van der Waals surface area (Å²) >= 11 is 3.85. The first-order valence-electron chi connectivity index (χ1n) is 4.67. The molecule has 17 heavy (non-hydrogen) atoms. The SMILES string of the molecule is FC(F)Sc1ccc(-c2cncnc2Br)cc1. The Labute approximate surface area is 110 Å². The van der Waals surface area contributed by atoms with Gasteiger partial charge in [-0.3, -0.25) is 0 Å². The Bertz CT molecular complexity index is 505. The Hall–Kier alpha value is -1.01. The second kappa shape index (κ2) is 5.55. The van der Waals surface area contributed by atoms with Crippen LogP contribution in [-0.2, 0) is 0 Å². The molecule has 0 aliphatic carbocycles. The lowest BCUT2D eigenvalue weighted by Gasteiger charge is -2.04. The maximum atomic E-state index is 12.1. The molecule has 6 heteroatoms. The molecule has 1 heterocycles. The van der Waals surface area contributed by atoms with E-state index in [9.17, 15) is 8.78 Å². The second-order valence-electron chi connectivity index (χ2n) is 3.13. The molecule has 0 fully saturated rings. The van der Waals surface area contributed by atoms with Crippen molar-refractivity contribution in [3.8, 4) is 11.1 Å². The lowest BCUT2D eigenvalue weighted by Crippen LogP contribution is -1.86.